The Balaban J connectivity index is 1.97. The molecule has 0 aromatic heterocycles. The van der Waals surface area contributed by atoms with Crippen molar-refractivity contribution in [2.75, 3.05) is 11.8 Å². The van der Waals surface area contributed by atoms with E-state index in [0.717, 1.165) is 6.07 Å². The third kappa shape index (κ3) is 3.74. The zero-order valence-corrected chi connectivity index (χ0v) is 17.3. The second-order valence-electron chi connectivity index (χ2n) is 6.68. The van der Waals surface area contributed by atoms with E-state index in [4.69, 9.17) is 21.1 Å². The van der Waals surface area contributed by atoms with Gasteiger partial charge >= 0.3 is 0 Å². The third-order valence-electron chi connectivity index (χ3n) is 4.70. The maximum atomic E-state index is 14.6. The lowest BCUT2D eigenvalue weighted by Crippen LogP contribution is -2.16. The van der Waals surface area contributed by atoms with E-state index in [0.29, 0.717) is 22.8 Å². The molecule has 0 amide bonds. The molecule has 4 bridgehead atoms. The van der Waals surface area contributed by atoms with Gasteiger partial charge in [0.2, 0.25) is 0 Å². The van der Waals surface area contributed by atoms with Gasteiger partial charge in [0.15, 0.2) is 5.75 Å². The average Bonchev–Trinajstić information content (AvgIpc) is 2.70. The van der Waals surface area contributed by atoms with Crippen molar-refractivity contribution >= 4 is 27.3 Å². The van der Waals surface area contributed by atoms with E-state index in [1.54, 1.807) is 24.3 Å². The first-order valence-electron chi connectivity index (χ1n) is 8.84. The van der Waals surface area contributed by atoms with Crippen LogP contribution in [0.4, 0.5) is 14.5 Å². The Morgan fingerprint density at radius 3 is 2.57 bits per heavy atom. The van der Waals surface area contributed by atoms with Crippen LogP contribution in [0.5, 0.6) is 5.75 Å². The van der Waals surface area contributed by atoms with Crippen LogP contribution in [0, 0.1) is 11.6 Å². The molecule has 3 aromatic carbocycles. The first-order chi connectivity index (χ1) is 14.3. The van der Waals surface area contributed by atoms with Gasteiger partial charge in [-0.15, -0.1) is 0 Å². The molecule has 3 aromatic rings. The molecule has 9 heteroatoms. The van der Waals surface area contributed by atoms with Crippen molar-refractivity contribution in [3.8, 4) is 16.9 Å². The summed E-state index contributed by atoms with van der Waals surface area (Å²) in [6.07, 6.45) is 0. The second kappa shape index (κ2) is 7.86. The second-order valence-corrected chi connectivity index (χ2v) is 8.73. The van der Waals surface area contributed by atoms with Crippen LogP contribution >= 0.6 is 11.6 Å². The van der Waals surface area contributed by atoms with Crippen molar-refractivity contribution in [1.29, 1.82) is 0 Å². The molecule has 1 heterocycles. The van der Waals surface area contributed by atoms with Gasteiger partial charge in [0, 0.05) is 11.6 Å². The molecule has 0 aliphatic carbocycles. The summed E-state index contributed by atoms with van der Waals surface area (Å²) in [5.74, 6) is -1.96. The topological polar surface area (TPSA) is 64.6 Å². The maximum Gasteiger partial charge on any atom is 0.265 e. The molecule has 4 rings (SSSR count). The number of hydrogen-bond donors (Lipinski definition) is 1. The monoisotopic (exact) mass is 451 g/mol. The Kier molecular flexibility index (Phi) is 5.40. The van der Waals surface area contributed by atoms with Gasteiger partial charge in [-0.2, -0.15) is 0 Å². The molecule has 1 aliphatic heterocycles. The van der Waals surface area contributed by atoms with Crippen molar-refractivity contribution in [3.63, 3.8) is 0 Å². The molecule has 0 saturated carbocycles. The van der Waals surface area contributed by atoms with Gasteiger partial charge in [-0.3, -0.25) is 4.72 Å². The van der Waals surface area contributed by atoms with E-state index in [2.05, 4.69) is 4.72 Å². The molecule has 1 N–H and O–H groups in total. The third-order valence-corrected chi connectivity index (χ3v) is 6.35. The Morgan fingerprint density at radius 2 is 1.80 bits per heavy atom. The van der Waals surface area contributed by atoms with Crippen LogP contribution in [-0.4, -0.2) is 15.5 Å². The lowest BCUT2D eigenvalue weighted by molar-refractivity contribution is 0.107. The first-order valence-corrected chi connectivity index (χ1v) is 10.7. The maximum absolute atomic E-state index is 14.6. The SMILES string of the molecule is COc1c(Cl)cc2cc1S(=O)(=O)Nc1cc(c(F)cc1F)-c1ccccc1COC2. The summed E-state index contributed by atoms with van der Waals surface area (Å²) in [6, 6.07) is 11.5. The molecule has 1 aliphatic rings. The zero-order chi connectivity index (χ0) is 21.5. The van der Waals surface area contributed by atoms with Crippen molar-refractivity contribution in [3.05, 3.63) is 76.3 Å². The van der Waals surface area contributed by atoms with Gasteiger partial charge in [0.05, 0.1) is 31.0 Å². The number of methoxy groups -OCH3 is 1. The van der Waals surface area contributed by atoms with Crippen molar-refractivity contribution in [2.45, 2.75) is 18.1 Å². The van der Waals surface area contributed by atoms with E-state index in [1.807, 2.05) is 0 Å². The molecular weight excluding hydrogens is 436 g/mol. The van der Waals surface area contributed by atoms with E-state index in [1.165, 1.54) is 19.2 Å². The number of ether oxygens (including phenoxy) is 2. The van der Waals surface area contributed by atoms with Gasteiger partial charge in [-0.05, 0) is 34.9 Å². The fourth-order valence-corrected chi connectivity index (χ4v) is 5.00. The average molecular weight is 452 g/mol. The lowest BCUT2D eigenvalue weighted by atomic mass is 9.99. The fraction of sp³-hybridized carbons (Fsp3) is 0.143. The van der Waals surface area contributed by atoms with Crippen molar-refractivity contribution in [1.82, 2.24) is 0 Å². The van der Waals surface area contributed by atoms with Crippen LogP contribution in [0.15, 0.2) is 53.4 Å². The van der Waals surface area contributed by atoms with Gasteiger partial charge in [0.1, 0.15) is 16.5 Å². The smallest absolute Gasteiger partial charge is 0.265 e. The summed E-state index contributed by atoms with van der Waals surface area (Å²) in [6.45, 7) is 0.177. The number of benzene rings is 3. The summed E-state index contributed by atoms with van der Waals surface area (Å²) in [7, 11) is -3.04. The van der Waals surface area contributed by atoms with Gasteiger partial charge in [-0.1, -0.05) is 35.9 Å². The van der Waals surface area contributed by atoms with Crippen molar-refractivity contribution in [2.24, 2.45) is 0 Å². The summed E-state index contributed by atoms with van der Waals surface area (Å²) in [5, 5.41) is 0.0644. The van der Waals surface area contributed by atoms with Crippen LogP contribution < -0.4 is 9.46 Å². The normalized spacial score (nSPS) is 15.1. The van der Waals surface area contributed by atoms with Gasteiger partial charge in [0.25, 0.3) is 10.0 Å². The Bertz CT molecular complexity index is 1250. The van der Waals surface area contributed by atoms with Crippen molar-refractivity contribution < 1.29 is 26.7 Å². The fourth-order valence-electron chi connectivity index (χ4n) is 3.32. The highest BCUT2D eigenvalue weighted by Crippen LogP contribution is 2.37. The standard InChI is InChI=1S/C21H16ClF2NO4S/c1-28-21-16(22)6-12-7-20(21)30(26,27)25-19-8-15(17(23)9-18(19)24)14-5-3-2-4-13(14)11-29-10-12/h2-9,25H,10-11H2,1H3. The van der Waals surface area contributed by atoms with Gasteiger partial charge in [-0.25, -0.2) is 17.2 Å². The molecule has 0 unspecified atom stereocenters. The minimum Gasteiger partial charge on any atom is -0.494 e. The van der Waals surface area contributed by atoms with Crippen LogP contribution in [-0.2, 0) is 28.0 Å². The number of sulfonamides is 1. The van der Waals surface area contributed by atoms with E-state index in [-0.39, 0.29) is 34.4 Å². The number of anilines is 1. The number of hydrogen-bond acceptors (Lipinski definition) is 4. The summed E-state index contributed by atoms with van der Waals surface area (Å²) in [5.41, 5.74) is 1.26. The Labute approximate surface area is 177 Å². The first kappa shape index (κ1) is 20.6. The van der Waals surface area contributed by atoms with E-state index < -0.39 is 27.3 Å². The number of halogens is 3. The lowest BCUT2D eigenvalue weighted by Gasteiger charge is -2.15. The van der Waals surface area contributed by atoms with Crippen LogP contribution in [0.1, 0.15) is 11.1 Å². The minimum absolute atomic E-state index is 0.0456. The molecule has 30 heavy (non-hydrogen) atoms. The largest absolute Gasteiger partial charge is 0.494 e. The molecule has 0 fully saturated rings. The predicted molar refractivity (Wildman–Crippen MR) is 109 cm³/mol. The molecule has 5 nitrogen and oxygen atoms in total. The highest BCUT2D eigenvalue weighted by Gasteiger charge is 2.26. The minimum atomic E-state index is -4.31. The Hall–Kier alpha value is -2.68. The number of nitrogens with one attached hydrogen (secondary N) is 1. The molecule has 0 atom stereocenters. The summed E-state index contributed by atoms with van der Waals surface area (Å²) in [4.78, 5) is -0.280. The van der Waals surface area contributed by atoms with E-state index in [9.17, 15) is 17.2 Å². The predicted octanol–water partition coefficient (Wildman–Crippen LogP) is 5.12. The van der Waals surface area contributed by atoms with E-state index >= 15 is 0 Å². The highest BCUT2D eigenvalue weighted by atomic mass is 35.5. The van der Waals surface area contributed by atoms with Gasteiger partial charge < -0.3 is 9.47 Å². The van der Waals surface area contributed by atoms with Crippen LogP contribution in [0.25, 0.3) is 11.1 Å². The number of rotatable bonds is 1. The Morgan fingerprint density at radius 1 is 1.03 bits per heavy atom. The zero-order valence-electron chi connectivity index (χ0n) is 15.7. The van der Waals surface area contributed by atoms with Crippen LogP contribution in [0.2, 0.25) is 5.02 Å². The highest BCUT2D eigenvalue weighted by molar-refractivity contribution is 7.92. The summed E-state index contributed by atoms with van der Waals surface area (Å²) < 4.78 is 68.2. The molecule has 0 saturated heterocycles. The molecule has 0 spiro atoms. The quantitative estimate of drug-likeness (QED) is 0.557. The molecular formula is C21H16ClF2NO4S. The molecule has 156 valence electrons. The molecule has 0 radical (unpaired) electrons. The summed E-state index contributed by atoms with van der Waals surface area (Å²) >= 11 is 6.20. The van der Waals surface area contributed by atoms with Crippen LogP contribution in [0.3, 0.4) is 0 Å². The number of fused-ring (bicyclic) bond motifs is 6.